The second-order valence-corrected chi connectivity index (χ2v) is 7.46. The molecular formula is C25H23N3. The van der Waals surface area contributed by atoms with Crippen LogP contribution in [0.5, 0.6) is 0 Å². The van der Waals surface area contributed by atoms with Gasteiger partial charge in [-0.1, -0.05) is 66.7 Å². The van der Waals surface area contributed by atoms with Crippen LogP contribution in [0.2, 0.25) is 0 Å². The van der Waals surface area contributed by atoms with Crippen molar-refractivity contribution in [3.05, 3.63) is 84.4 Å². The Bertz CT molecular complexity index is 1080. The van der Waals surface area contributed by atoms with Gasteiger partial charge < -0.3 is 0 Å². The maximum atomic E-state index is 4.98. The molecule has 28 heavy (non-hydrogen) atoms. The lowest BCUT2D eigenvalue weighted by molar-refractivity contribution is 0.331. The van der Waals surface area contributed by atoms with Crippen molar-refractivity contribution in [1.29, 1.82) is 0 Å². The van der Waals surface area contributed by atoms with Crippen molar-refractivity contribution in [3.63, 3.8) is 0 Å². The third kappa shape index (κ3) is 3.41. The molecule has 0 radical (unpaired) electrons. The fourth-order valence-corrected chi connectivity index (χ4v) is 3.97. The topological polar surface area (TPSA) is 29.0 Å². The maximum Gasteiger partial charge on any atom is 0.0973 e. The number of fused-ring (bicyclic) bond motifs is 1. The molecule has 3 aromatic carbocycles. The molecule has 0 saturated carbocycles. The molecule has 138 valence electrons. The molecule has 1 aromatic heterocycles. The molecule has 4 aromatic rings. The van der Waals surface area contributed by atoms with E-state index in [1.165, 1.54) is 31.5 Å². The highest BCUT2D eigenvalue weighted by molar-refractivity contribution is 5.86. The second-order valence-electron chi connectivity index (χ2n) is 7.46. The van der Waals surface area contributed by atoms with Gasteiger partial charge >= 0.3 is 0 Å². The van der Waals surface area contributed by atoms with E-state index in [9.17, 15) is 0 Å². The number of benzene rings is 3. The highest BCUT2D eigenvalue weighted by Crippen LogP contribution is 2.31. The second kappa shape index (κ2) is 7.53. The molecule has 0 N–H and O–H groups in total. The van der Waals surface area contributed by atoms with Gasteiger partial charge in [-0.15, -0.1) is 0 Å². The van der Waals surface area contributed by atoms with E-state index in [1.807, 2.05) is 30.3 Å². The van der Waals surface area contributed by atoms with Crippen molar-refractivity contribution >= 4 is 11.0 Å². The zero-order valence-electron chi connectivity index (χ0n) is 15.9. The zero-order chi connectivity index (χ0) is 18.8. The Labute approximate surface area is 165 Å². The Morgan fingerprint density at radius 2 is 1.14 bits per heavy atom. The number of hydrogen-bond acceptors (Lipinski definition) is 3. The monoisotopic (exact) mass is 365 g/mol. The minimum absolute atomic E-state index is 0.927. The van der Waals surface area contributed by atoms with E-state index < -0.39 is 0 Å². The Hall–Kier alpha value is -3.04. The van der Waals surface area contributed by atoms with E-state index in [4.69, 9.17) is 9.97 Å². The highest BCUT2D eigenvalue weighted by atomic mass is 15.1. The van der Waals surface area contributed by atoms with Crippen LogP contribution in [-0.2, 0) is 6.54 Å². The third-order valence-electron chi connectivity index (χ3n) is 5.45. The molecule has 1 aliphatic heterocycles. The number of hydrogen-bond donors (Lipinski definition) is 0. The summed E-state index contributed by atoms with van der Waals surface area (Å²) in [6.45, 7) is 3.47. The highest BCUT2D eigenvalue weighted by Gasteiger charge is 2.14. The molecule has 1 saturated heterocycles. The van der Waals surface area contributed by atoms with Gasteiger partial charge in [0.25, 0.3) is 0 Å². The van der Waals surface area contributed by atoms with Crippen LogP contribution in [0.15, 0.2) is 78.9 Å². The smallest absolute Gasteiger partial charge is 0.0973 e. The fraction of sp³-hybridized carbons (Fsp3) is 0.200. The first-order chi connectivity index (χ1) is 13.9. The SMILES string of the molecule is c1ccc(-c2nc3ccccc3nc2-c2ccc(CN3CCCC3)cc2)cc1. The number of rotatable bonds is 4. The standard InChI is InChI=1S/C25H23N3/c1-2-8-20(9-3-1)24-25(27-23-11-5-4-10-22(23)26-24)21-14-12-19(13-15-21)18-28-16-6-7-17-28/h1-5,8-15H,6-7,16-18H2. The van der Waals surface area contributed by atoms with Crippen LogP contribution in [0, 0.1) is 0 Å². The van der Waals surface area contributed by atoms with E-state index in [0.717, 1.165) is 40.1 Å². The normalized spacial score (nSPS) is 14.6. The first-order valence-electron chi connectivity index (χ1n) is 10.0. The average Bonchev–Trinajstić information content (AvgIpc) is 3.27. The minimum atomic E-state index is 0.927. The molecule has 5 rings (SSSR count). The van der Waals surface area contributed by atoms with Crippen molar-refractivity contribution in [1.82, 2.24) is 14.9 Å². The van der Waals surface area contributed by atoms with E-state index >= 15 is 0 Å². The van der Waals surface area contributed by atoms with Crippen molar-refractivity contribution in [2.24, 2.45) is 0 Å². The zero-order valence-corrected chi connectivity index (χ0v) is 15.9. The quantitative estimate of drug-likeness (QED) is 0.474. The van der Waals surface area contributed by atoms with Crippen molar-refractivity contribution in [2.75, 3.05) is 13.1 Å². The summed E-state index contributed by atoms with van der Waals surface area (Å²) in [5.74, 6) is 0. The van der Waals surface area contributed by atoms with Crippen LogP contribution in [0.1, 0.15) is 18.4 Å². The summed E-state index contributed by atoms with van der Waals surface area (Å²) in [6, 6.07) is 27.3. The Morgan fingerprint density at radius 3 is 1.75 bits per heavy atom. The molecule has 1 fully saturated rings. The van der Waals surface area contributed by atoms with Crippen LogP contribution in [0.25, 0.3) is 33.5 Å². The molecule has 0 unspecified atom stereocenters. The van der Waals surface area contributed by atoms with Crippen LogP contribution in [0.3, 0.4) is 0 Å². The van der Waals surface area contributed by atoms with Crippen LogP contribution in [0.4, 0.5) is 0 Å². The molecule has 3 nitrogen and oxygen atoms in total. The molecule has 1 aliphatic rings. The number of aromatic nitrogens is 2. The van der Waals surface area contributed by atoms with E-state index in [0.29, 0.717) is 0 Å². The predicted molar refractivity (Wildman–Crippen MR) is 115 cm³/mol. The van der Waals surface area contributed by atoms with Crippen molar-refractivity contribution in [3.8, 4) is 22.5 Å². The lowest BCUT2D eigenvalue weighted by Crippen LogP contribution is -2.18. The number of nitrogens with zero attached hydrogens (tertiary/aromatic N) is 3. The molecule has 0 aliphatic carbocycles. The van der Waals surface area contributed by atoms with Gasteiger partial charge in [0.15, 0.2) is 0 Å². The first kappa shape index (κ1) is 17.1. The summed E-state index contributed by atoms with van der Waals surface area (Å²) in [6.07, 6.45) is 2.65. The van der Waals surface area contributed by atoms with Gasteiger partial charge in [0, 0.05) is 17.7 Å². The van der Waals surface area contributed by atoms with Gasteiger partial charge in [-0.25, -0.2) is 9.97 Å². The van der Waals surface area contributed by atoms with Crippen LogP contribution in [-0.4, -0.2) is 28.0 Å². The molecule has 0 atom stereocenters. The first-order valence-corrected chi connectivity index (χ1v) is 10.0. The molecular weight excluding hydrogens is 342 g/mol. The summed E-state index contributed by atoms with van der Waals surface area (Å²) < 4.78 is 0. The number of likely N-dealkylation sites (tertiary alicyclic amines) is 1. The molecule has 0 bridgehead atoms. The fourth-order valence-electron chi connectivity index (χ4n) is 3.97. The molecule has 3 heteroatoms. The molecule has 2 heterocycles. The minimum Gasteiger partial charge on any atom is -0.299 e. The van der Waals surface area contributed by atoms with Gasteiger partial charge in [0.05, 0.1) is 22.4 Å². The lowest BCUT2D eigenvalue weighted by atomic mass is 10.0. The Balaban J connectivity index is 1.57. The van der Waals surface area contributed by atoms with Crippen molar-refractivity contribution in [2.45, 2.75) is 19.4 Å². The molecule has 0 amide bonds. The Morgan fingerprint density at radius 1 is 0.607 bits per heavy atom. The van der Waals surface area contributed by atoms with E-state index in [-0.39, 0.29) is 0 Å². The lowest BCUT2D eigenvalue weighted by Gasteiger charge is -2.15. The van der Waals surface area contributed by atoms with Gasteiger partial charge in [0.1, 0.15) is 0 Å². The summed E-state index contributed by atoms with van der Waals surface area (Å²) >= 11 is 0. The largest absolute Gasteiger partial charge is 0.299 e. The Kier molecular flexibility index (Phi) is 4.59. The summed E-state index contributed by atoms with van der Waals surface area (Å²) in [4.78, 5) is 12.5. The average molecular weight is 365 g/mol. The van der Waals surface area contributed by atoms with Gasteiger partial charge in [-0.05, 0) is 43.6 Å². The number of para-hydroxylation sites is 2. The van der Waals surface area contributed by atoms with Gasteiger partial charge in [-0.2, -0.15) is 0 Å². The summed E-state index contributed by atoms with van der Waals surface area (Å²) in [5, 5.41) is 0. The molecule has 0 spiro atoms. The van der Waals surface area contributed by atoms with Crippen LogP contribution >= 0.6 is 0 Å². The third-order valence-corrected chi connectivity index (χ3v) is 5.45. The van der Waals surface area contributed by atoms with Gasteiger partial charge in [0.2, 0.25) is 0 Å². The summed E-state index contributed by atoms with van der Waals surface area (Å²) in [7, 11) is 0. The van der Waals surface area contributed by atoms with Crippen molar-refractivity contribution < 1.29 is 0 Å². The van der Waals surface area contributed by atoms with Crippen LogP contribution < -0.4 is 0 Å². The van der Waals surface area contributed by atoms with Gasteiger partial charge in [-0.3, -0.25) is 4.90 Å². The van der Waals surface area contributed by atoms with E-state index in [2.05, 4.69) is 53.4 Å². The summed E-state index contributed by atoms with van der Waals surface area (Å²) in [5.41, 5.74) is 7.30. The van der Waals surface area contributed by atoms with E-state index in [1.54, 1.807) is 0 Å². The maximum absolute atomic E-state index is 4.98. The predicted octanol–water partition coefficient (Wildman–Crippen LogP) is 5.56.